The topological polar surface area (TPSA) is 46.3 Å². The standard InChI is InChI=1S/C12H24N2O/c1-4-5-10-6-7-14(9-10)11(15)8-12(2,3)13/h10H,4-9,13H2,1-3H3. The molecule has 2 N–H and O–H groups in total. The van der Waals surface area contributed by atoms with Crippen LogP contribution in [0, 0.1) is 5.92 Å². The van der Waals surface area contributed by atoms with Crippen molar-refractivity contribution in [2.24, 2.45) is 11.7 Å². The highest BCUT2D eigenvalue weighted by Gasteiger charge is 2.28. The molecule has 0 aliphatic carbocycles. The van der Waals surface area contributed by atoms with E-state index in [1.807, 2.05) is 18.7 Å². The van der Waals surface area contributed by atoms with Crippen LogP contribution in [0.25, 0.3) is 0 Å². The Bertz CT molecular complexity index is 220. The van der Waals surface area contributed by atoms with Crippen LogP contribution in [0.15, 0.2) is 0 Å². The zero-order valence-corrected chi connectivity index (χ0v) is 10.3. The van der Waals surface area contributed by atoms with Crippen molar-refractivity contribution in [3.63, 3.8) is 0 Å². The molecule has 88 valence electrons. The first-order valence-electron chi connectivity index (χ1n) is 5.99. The molecule has 1 atom stereocenters. The largest absolute Gasteiger partial charge is 0.342 e. The minimum absolute atomic E-state index is 0.223. The van der Waals surface area contributed by atoms with Crippen LogP contribution in [0.2, 0.25) is 0 Å². The molecular formula is C12H24N2O. The lowest BCUT2D eigenvalue weighted by molar-refractivity contribution is -0.131. The zero-order chi connectivity index (χ0) is 11.5. The van der Waals surface area contributed by atoms with Gasteiger partial charge in [-0.15, -0.1) is 0 Å². The molecule has 15 heavy (non-hydrogen) atoms. The highest BCUT2D eigenvalue weighted by Crippen LogP contribution is 2.22. The van der Waals surface area contributed by atoms with Gasteiger partial charge in [-0.1, -0.05) is 13.3 Å². The number of nitrogens with zero attached hydrogens (tertiary/aromatic N) is 1. The summed E-state index contributed by atoms with van der Waals surface area (Å²) in [5, 5.41) is 0. The summed E-state index contributed by atoms with van der Waals surface area (Å²) < 4.78 is 0. The number of hydrogen-bond donors (Lipinski definition) is 1. The number of carbonyl (C=O) groups excluding carboxylic acids is 1. The summed E-state index contributed by atoms with van der Waals surface area (Å²) >= 11 is 0. The summed E-state index contributed by atoms with van der Waals surface area (Å²) in [6, 6.07) is 0. The number of amides is 1. The van der Waals surface area contributed by atoms with E-state index < -0.39 is 0 Å². The summed E-state index contributed by atoms with van der Waals surface area (Å²) in [6.07, 6.45) is 4.10. The van der Waals surface area contributed by atoms with Crippen LogP contribution in [0.1, 0.15) is 46.5 Å². The molecular weight excluding hydrogens is 188 g/mol. The van der Waals surface area contributed by atoms with Gasteiger partial charge in [0.2, 0.25) is 5.91 Å². The van der Waals surface area contributed by atoms with Gasteiger partial charge >= 0.3 is 0 Å². The predicted octanol–water partition coefficient (Wildman–Crippen LogP) is 1.76. The van der Waals surface area contributed by atoms with Crippen LogP contribution >= 0.6 is 0 Å². The van der Waals surface area contributed by atoms with Gasteiger partial charge < -0.3 is 10.6 Å². The molecule has 0 aromatic rings. The second-order valence-electron chi connectivity index (χ2n) is 5.45. The molecule has 1 aliphatic rings. The summed E-state index contributed by atoms with van der Waals surface area (Å²) in [6.45, 7) is 7.89. The molecule has 0 saturated carbocycles. The normalized spacial score (nSPS) is 22.1. The van der Waals surface area contributed by atoms with Crippen LogP contribution < -0.4 is 5.73 Å². The lowest BCUT2D eigenvalue weighted by atomic mass is 10.0. The SMILES string of the molecule is CCCC1CCN(C(=O)CC(C)(C)N)C1. The molecule has 3 nitrogen and oxygen atoms in total. The molecule has 3 heteroatoms. The maximum atomic E-state index is 11.9. The van der Waals surface area contributed by atoms with Crippen molar-refractivity contribution < 1.29 is 4.79 Å². The lowest BCUT2D eigenvalue weighted by Crippen LogP contribution is -2.40. The van der Waals surface area contributed by atoms with Crippen LogP contribution in [-0.2, 0) is 4.79 Å². The van der Waals surface area contributed by atoms with Crippen molar-refractivity contribution in [3.05, 3.63) is 0 Å². The summed E-state index contributed by atoms with van der Waals surface area (Å²) in [5.74, 6) is 0.945. The van der Waals surface area contributed by atoms with Crippen molar-refractivity contribution in [3.8, 4) is 0 Å². The highest BCUT2D eigenvalue weighted by atomic mass is 16.2. The fourth-order valence-corrected chi connectivity index (χ4v) is 2.20. The van der Waals surface area contributed by atoms with Gasteiger partial charge in [0.25, 0.3) is 0 Å². The molecule has 1 saturated heterocycles. The first kappa shape index (κ1) is 12.5. The van der Waals surface area contributed by atoms with Crippen LogP contribution in [0.4, 0.5) is 0 Å². The molecule has 0 aromatic carbocycles. The number of hydrogen-bond acceptors (Lipinski definition) is 2. The Morgan fingerprint density at radius 3 is 2.73 bits per heavy atom. The van der Waals surface area contributed by atoms with Gasteiger partial charge in [0.05, 0.1) is 0 Å². The first-order chi connectivity index (χ1) is 6.92. The average molecular weight is 212 g/mol. The van der Waals surface area contributed by atoms with E-state index >= 15 is 0 Å². The Labute approximate surface area is 93.0 Å². The Morgan fingerprint density at radius 1 is 1.53 bits per heavy atom. The van der Waals surface area contributed by atoms with Crippen molar-refractivity contribution in [2.45, 2.75) is 52.0 Å². The molecule has 1 fully saturated rings. The first-order valence-corrected chi connectivity index (χ1v) is 5.99. The summed E-state index contributed by atoms with van der Waals surface area (Å²) in [5.41, 5.74) is 5.47. The van der Waals surface area contributed by atoms with E-state index in [1.165, 1.54) is 19.3 Å². The van der Waals surface area contributed by atoms with Crippen molar-refractivity contribution in [1.82, 2.24) is 4.90 Å². The lowest BCUT2D eigenvalue weighted by Gasteiger charge is -2.23. The minimum Gasteiger partial charge on any atom is -0.342 e. The summed E-state index contributed by atoms with van der Waals surface area (Å²) in [4.78, 5) is 13.8. The highest BCUT2D eigenvalue weighted by molar-refractivity contribution is 5.77. The van der Waals surface area contributed by atoms with Crippen LogP contribution in [0.5, 0.6) is 0 Å². The molecule has 1 unspecified atom stereocenters. The van der Waals surface area contributed by atoms with E-state index in [-0.39, 0.29) is 11.4 Å². The summed E-state index contributed by atoms with van der Waals surface area (Å²) in [7, 11) is 0. The third-order valence-electron chi connectivity index (χ3n) is 2.94. The van der Waals surface area contributed by atoms with Gasteiger partial charge in [-0.25, -0.2) is 0 Å². The Balaban J connectivity index is 2.37. The van der Waals surface area contributed by atoms with E-state index in [0.717, 1.165) is 19.0 Å². The van der Waals surface area contributed by atoms with Crippen molar-refractivity contribution in [2.75, 3.05) is 13.1 Å². The Hall–Kier alpha value is -0.570. The second kappa shape index (κ2) is 4.97. The van der Waals surface area contributed by atoms with E-state index in [1.54, 1.807) is 0 Å². The second-order valence-corrected chi connectivity index (χ2v) is 5.45. The quantitative estimate of drug-likeness (QED) is 0.772. The maximum Gasteiger partial charge on any atom is 0.224 e. The van der Waals surface area contributed by atoms with Gasteiger partial charge in [0.1, 0.15) is 0 Å². The van der Waals surface area contributed by atoms with Gasteiger partial charge in [-0.3, -0.25) is 4.79 Å². The number of nitrogens with two attached hydrogens (primary N) is 1. The monoisotopic (exact) mass is 212 g/mol. The molecule has 1 amide bonds. The smallest absolute Gasteiger partial charge is 0.224 e. The van der Waals surface area contributed by atoms with Crippen molar-refractivity contribution in [1.29, 1.82) is 0 Å². The fourth-order valence-electron chi connectivity index (χ4n) is 2.20. The van der Waals surface area contributed by atoms with Gasteiger partial charge in [-0.2, -0.15) is 0 Å². The van der Waals surface area contributed by atoms with Gasteiger partial charge in [-0.05, 0) is 32.6 Å². The fraction of sp³-hybridized carbons (Fsp3) is 0.917. The zero-order valence-electron chi connectivity index (χ0n) is 10.3. The number of carbonyl (C=O) groups is 1. The average Bonchev–Trinajstić information content (AvgIpc) is 2.50. The molecule has 0 radical (unpaired) electrons. The Kier molecular flexibility index (Phi) is 4.14. The van der Waals surface area contributed by atoms with Crippen LogP contribution in [-0.4, -0.2) is 29.4 Å². The molecule has 0 aromatic heterocycles. The molecule has 1 heterocycles. The Morgan fingerprint density at radius 2 is 2.20 bits per heavy atom. The predicted molar refractivity (Wildman–Crippen MR) is 62.5 cm³/mol. The van der Waals surface area contributed by atoms with Crippen LogP contribution in [0.3, 0.4) is 0 Å². The molecule has 1 rings (SSSR count). The maximum absolute atomic E-state index is 11.9. The van der Waals surface area contributed by atoms with E-state index in [4.69, 9.17) is 5.73 Å². The third-order valence-corrected chi connectivity index (χ3v) is 2.94. The molecule has 0 spiro atoms. The van der Waals surface area contributed by atoms with Gasteiger partial charge in [0, 0.05) is 25.0 Å². The molecule has 1 aliphatic heterocycles. The minimum atomic E-state index is -0.375. The number of rotatable bonds is 4. The third kappa shape index (κ3) is 4.20. The van der Waals surface area contributed by atoms with Crippen molar-refractivity contribution >= 4 is 5.91 Å². The molecule has 0 bridgehead atoms. The van der Waals surface area contributed by atoms with E-state index in [2.05, 4.69) is 6.92 Å². The van der Waals surface area contributed by atoms with E-state index in [0.29, 0.717) is 6.42 Å². The van der Waals surface area contributed by atoms with E-state index in [9.17, 15) is 4.79 Å². The van der Waals surface area contributed by atoms with Gasteiger partial charge in [0.15, 0.2) is 0 Å². The number of likely N-dealkylation sites (tertiary alicyclic amines) is 1.